The van der Waals surface area contributed by atoms with Crippen molar-refractivity contribution in [2.24, 2.45) is 5.92 Å². The fraction of sp³-hybridized carbons (Fsp3) is 0.421. The summed E-state index contributed by atoms with van der Waals surface area (Å²) < 4.78 is 0. The molecule has 1 fully saturated rings. The van der Waals surface area contributed by atoms with Gasteiger partial charge in [0.1, 0.15) is 5.82 Å². The van der Waals surface area contributed by atoms with E-state index in [1.54, 1.807) is 0 Å². The monoisotopic (exact) mass is 280 g/mol. The summed E-state index contributed by atoms with van der Waals surface area (Å²) in [6.07, 6.45) is 8.60. The van der Waals surface area contributed by atoms with Gasteiger partial charge >= 0.3 is 0 Å². The molecule has 2 nitrogen and oxygen atoms in total. The molecule has 1 saturated carbocycles. The molecule has 110 valence electrons. The summed E-state index contributed by atoms with van der Waals surface area (Å²) in [4.78, 5) is 4.45. The number of nitrogens with one attached hydrogen (secondary N) is 1. The number of aromatic nitrogens is 1. The van der Waals surface area contributed by atoms with Crippen molar-refractivity contribution in [1.29, 1.82) is 0 Å². The van der Waals surface area contributed by atoms with Crippen LogP contribution in [0.15, 0.2) is 48.7 Å². The third-order valence-corrected chi connectivity index (χ3v) is 4.53. The smallest absolute Gasteiger partial charge is 0.126 e. The maximum absolute atomic E-state index is 4.45. The molecular formula is C19H24N2. The molecule has 2 heteroatoms. The van der Waals surface area contributed by atoms with E-state index in [0.717, 1.165) is 5.82 Å². The Morgan fingerprint density at radius 3 is 2.43 bits per heavy atom. The second-order valence-electron chi connectivity index (χ2n) is 6.15. The first-order valence-electron chi connectivity index (χ1n) is 8.07. The zero-order chi connectivity index (χ0) is 14.5. The molecule has 21 heavy (non-hydrogen) atoms. The van der Waals surface area contributed by atoms with Crippen LogP contribution < -0.4 is 5.32 Å². The second-order valence-corrected chi connectivity index (χ2v) is 6.15. The molecule has 1 aliphatic rings. The molecule has 1 N–H and O–H groups in total. The number of hydrogen-bond donors (Lipinski definition) is 1. The van der Waals surface area contributed by atoms with Gasteiger partial charge in [-0.2, -0.15) is 0 Å². The predicted molar refractivity (Wildman–Crippen MR) is 88.4 cm³/mol. The Kier molecular flexibility index (Phi) is 4.54. The Labute approximate surface area is 127 Å². The highest BCUT2D eigenvalue weighted by molar-refractivity contribution is 5.39. The van der Waals surface area contributed by atoms with Gasteiger partial charge in [-0.25, -0.2) is 4.98 Å². The van der Waals surface area contributed by atoms with E-state index in [1.165, 1.54) is 43.2 Å². The first-order valence-corrected chi connectivity index (χ1v) is 8.07. The fourth-order valence-corrected chi connectivity index (χ4v) is 3.32. The van der Waals surface area contributed by atoms with E-state index < -0.39 is 0 Å². The molecule has 3 rings (SSSR count). The topological polar surface area (TPSA) is 24.9 Å². The van der Waals surface area contributed by atoms with Crippen molar-refractivity contribution in [2.45, 2.75) is 45.1 Å². The largest absolute Gasteiger partial charge is 0.363 e. The Bertz CT molecular complexity index is 542. The third-order valence-electron chi connectivity index (χ3n) is 4.53. The van der Waals surface area contributed by atoms with Gasteiger partial charge < -0.3 is 5.32 Å². The number of rotatable bonds is 4. The minimum absolute atomic E-state index is 0.376. The van der Waals surface area contributed by atoms with Crippen LogP contribution in [0.1, 0.15) is 49.3 Å². The van der Waals surface area contributed by atoms with Crippen LogP contribution in [0, 0.1) is 12.8 Å². The minimum atomic E-state index is 0.376. The number of hydrogen-bond acceptors (Lipinski definition) is 2. The minimum Gasteiger partial charge on any atom is -0.363 e. The molecule has 1 aliphatic carbocycles. The molecule has 1 atom stereocenters. The molecule has 1 unspecified atom stereocenters. The van der Waals surface area contributed by atoms with Gasteiger partial charge in [-0.1, -0.05) is 55.2 Å². The first kappa shape index (κ1) is 14.1. The van der Waals surface area contributed by atoms with Crippen LogP contribution >= 0.6 is 0 Å². The molecule has 0 radical (unpaired) electrons. The van der Waals surface area contributed by atoms with E-state index in [0.29, 0.717) is 12.0 Å². The van der Waals surface area contributed by atoms with Crippen LogP contribution in [-0.2, 0) is 0 Å². The second kappa shape index (κ2) is 6.75. The lowest BCUT2D eigenvalue weighted by molar-refractivity contribution is 0.320. The summed E-state index contributed by atoms with van der Waals surface area (Å²) >= 11 is 0. The van der Waals surface area contributed by atoms with Gasteiger partial charge in [0.25, 0.3) is 0 Å². The van der Waals surface area contributed by atoms with Crippen LogP contribution in [0.25, 0.3) is 0 Å². The lowest BCUT2D eigenvalue weighted by atomic mass is 9.81. The van der Waals surface area contributed by atoms with Crippen LogP contribution in [0.3, 0.4) is 0 Å². The Balaban J connectivity index is 1.84. The maximum atomic E-state index is 4.45. The van der Waals surface area contributed by atoms with Gasteiger partial charge in [-0.05, 0) is 43.4 Å². The van der Waals surface area contributed by atoms with Crippen LogP contribution in [-0.4, -0.2) is 4.98 Å². The SMILES string of the molecule is Cc1ccc(C(Nc2ccccn2)C2CCCCC2)cc1. The average molecular weight is 280 g/mol. The summed E-state index contributed by atoms with van der Waals surface area (Å²) in [6.45, 7) is 2.14. The van der Waals surface area contributed by atoms with Crippen molar-refractivity contribution in [1.82, 2.24) is 4.98 Å². The van der Waals surface area contributed by atoms with E-state index in [1.807, 2.05) is 18.3 Å². The summed E-state index contributed by atoms with van der Waals surface area (Å²) in [6, 6.07) is 15.4. The Morgan fingerprint density at radius 2 is 1.76 bits per heavy atom. The van der Waals surface area contributed by atoms with Gasteiger partial charge in [0, 0.05) is 6.20 Å². The number of aryl methyl sites for hydroxylation is 1. The highest BCUT2D eigenvalue weighted by atomic mass is 15.0. The molecule has 1 heterocycles. The zero-order valence-corrected chi connectivity index (χ0v) is 12.8. The van der Waals surface area contributed by atoms with Crippen molar-refractivity contribution in [3.05, 3.63) is 59.8 Å². The first-order chi connectivity index (χ1) is 10.3. The summed E-state index contributed by atoms with van der Waals surface area (Å²) in [5, 5.41) is 3.67. The Morgan fingerprint density at radius 1 is 1.00 bits per heavy atom. The van der Waals surface area contributed by atoms with Crippen molar-refractivity contribution < 1.29 is 0 Å². The Hall–Kier alpha value is -1.83. The quantitative estimate of drug-likeness (QED) is 0.840. The van der Waals surface area contributed by atoms with Crippen molar-refractivity contribution in [2.75, 3.05) is 5.32 Å². The molecule has 0 bridgehead atoms. The summed E-state index contributed by atoms with van der Waals surface area (Å²) in [5.41, 5.74) is 2.71. The van der Waals surface area contributed by atoms with E-state index in [2.05, 4.69) is 47.6 Å². The number of anilines is 1. The molecule has 0 amide bonds. The number of pyridine rings is 1. The number of nitrogens with zero attached hydrogens (tertiary/aromatic N) is 1. The predicted octanol–water partition coefficient (Wildman–Crippen LogP) is 5.12. The van der Waals surface area contributed by atoms with Crippen LogP contribution in [0.5, 0.6) is 0 Å². The van der Waals surface area contributed by atoms with Crippen molar-refractivity contribution in [3.8, 4) is 0 Å². The lowest BCUT2D eigenvalue weighted by Gasteiger charge is -2.31. The van der Waals surface area contributed by atoms with Gasteiger partial charge in [0.05, 0.1) is 6.04 Å². The molecule has 0 spiro atoms. The molecule has 0 aliphatic heterocycles. The molecular weight excluding hydrogens is 256 g/mol. The van der Waals surface area contributed by atoms with Gasteiger partial charge in [0.2, 0.25) is 0 Å². The number of benzene rings is 1. The standard InChI is InChI=1S/C19H24N2/c1-15-10-12-17(13-11-15)19(16-7-3-2-4-8-16)21-18-9-5-6-14-20-18/h5-6,9-14,16,19H,2-4,7-8H2,1H3,(H,20,21). The van der Waals surface area contributed by atoms with Crippen molar-refractivity contribution in [3.63, 3.8) is 0 Å². The van der Waals surface area contributed by atoms with Gasteiger partial charge in [-0.15, -0.1) is 0 Å². The van der Waals surface area contributed by atoms with E-state index >= 15 is 0 Å². The zero-order valence-electron chi connectivity index (χ0n) is 12.8. The molecule has 2 aromatic rings. The fourth-order valence-electron chi connectivity index (χ4n) is 3.32. The average Bonchev–Trinajstić information content (AvgIpc) is 2.55. The van der Waals surface area contributed by atoms with Gasteiger partial charge in [-0.3, -0.25) is 0 Å². The summed E-state index contributed by atoms with van der Waals surface area (Å²) in [5.74, 6) is 1.69. The van der Waals surface area contributed by atoms with E-state index in [-0.39, 0.29) is 0 Å². The van der Waals surface area contributed by atoms with E-state index in [9.17, 15) is 0 Å². The van der Waals surface area contributed by atoms with Gasteiger partial charge in [0.15, 0.2) is 0 Å². The van der Waals surface area contributed by atoms with Crippen LogP contribution in [0.2, 0.25) is 0 Å². The molecule has 1 aromatic heterocycles. The lowest BCUT2D eigenvalue weighted by Crippen LogP contribution is -2.23. The van der Waals surface area contributed by atoms with E-state index in [4.69, 9.17) is 0 Å². The normalized spacial score (nSPS) is 17.4. The van der Waals surface area contributed by atoms with Crippen LogP contribution in [0.4, 0.5) is 5.82 Å². The third kappa shape index (κ3) is 3.63. The van der Waals surface area contributed by atoms with Crippen molar-refractivity contribution >= 4 is 5.82 Å². The molecule has 1 aromatic carbocycles. The summed E-state index contributed by atoms with van der Waals surface area (Å²) in [7, 11) is 0. The molecule has 0 saturated heterocycles. The highest BCUT2D eigenvalue weighted by Crippen LogP contribution is 2.36. The highest BCUT2D eigenvalue weighted by Gasteiger charge is 2.25. The maximum Gasteiger partial charge on any atom is 0.126 e.